The van der Waals surface area contributed by atoms with Crippen LogP contribution in [0.25, 0.3) is 0 Å². The van der Waals surface area contributed by atoms with Crippen molar-refractivity contribution >= 4 is 59.0 Å². The second kappa shape index (κ2) is 9.40. The molecule has 6 aliphatic heterocycles. The summed E-state index contributed by atoms with van der Waals surface area (Å²) in [6.45, 7) is 21.9. The molecule has 0 bridgehead atoms. The predicted molar refractivity (Wildman–Crippen MR) is 150 cm³/mol. The minimum absolute atomic E-state index is 0.0244. The normalized spacial score (nSPS) is 44.4. The molecule has 0 aromatic heterocycles. The fourth-order valence-electron chi connectivity index (χ4n) is 5.63. The minimum Gasteiger partial charge on any atom is -0.480 e. The third-order valence-electron chi connectivity index (χ3n) is 9.05. The van der Waals surface area contributed by atoms with Crippen LogP contribution < -0.4 is 0 Å². The van der Waals surface area contributed by atoms with Gasteiger partial charge in [0, 0.05) is 15.7 Å². The van der Waals surface area contributed by atoms with Crippen molar-refractivity contribution in [2.75, 3.05) is 0 Å². The number of thioether (sulfide) groups is 3. The molecule has 37 heavy (non-hydrogen) atoms. The number of carboxylic acids is 1. The summed E-state index contributed by atoms with van der Waals surface area (Å²) in [5.74, 6) is 0.313. The van der Waals surface area contributed by atoms with E-state index in [9.17, 15) is 19.2 Å². The fourth-order valence-corrected chi connectivity index (χ4v) is 10.3. The number of rotatable bonds is 1. The Morgan fingerprint density at radius 1 is 0.757 bits per heavy atom. The summed E-state index contributed by atoms with van der Waals surface area (Å²) in [5.41, 5.74) is 0. The molecule has 6 heterocycles. The zero-order valence-electron chi connectivity index (χ0n) is 23.0. The maximum Gasteiger partial charge on any atom is 0.321 e. The number of amides is 3. The third-order valence-corrected chi connectivity index (χ3v) is 14.3. The Labute approximate surface area is 232 Å². The molecule has 6 rings (SSSR count). The van der Waals surface area contributed by atoms with Gasteiger partial charge in [-0.25, -0.2) is 0 Å². The summed E-state index contributed by atoms with van der Waals surface area (Å²) < 4.78 is -0.601. The average molecular weight is 570 g/mol. The molecule has 3 amide bonds. The van der Waals surface area contributed by atoms with Gasteiger partial charge in [0.25, 0.3) is 0 Å². The molecule has 0 aromatic carbocycles. The zero-order valence-corrected chi connectivity index (χ0v) is 25.5. The lowest BCUT2D eigenvalue weighted by Gasteiger charge is -2.42. The molecule has 0 aromatic rings. The van der Waals surface area contributed by atoms with Crippen molar-refractivity contribution in [3.8, 4) is 0 Å². The van der Waals surface area contributed by atoms with Gasteiger partial charge in [-0.1, -0.05) is 27.4 Å². The number of hydrogen-bond acceptors (Lipinski definition) is 7. The van der Waals surface area contributed by atoms with E-state index in [0.717, 1.165) is 4.91 Å². The Morgan fingerprint density at radius 2 is 1.19 bits per heavy atom. The molecule has 6 saturated heterocycles. The van der Waals surface area contributed by atoms with Crippen LogP contribution in [0.15, 0.2) is 11.5 Å². The quantitative estimate of drug-likeness (QED) is 0.475. The van der Waals surface area contributed by atoms with Crippen LogP contribution in [0.2, 0.25) is 0 Å². The van der Waals surface area contributed by atoms with E-state index < -0.39 is 10.7 Å². The van der Waals surface area contributed by atoms with Crippen molar-refractivity contribution in [1.29, 1.82) is 0 Å². The first-order valence-electron chi connectivity index (χ1n) is 12.9. The van der Waals surface area contributed by atoms with E-state index in [1.54, 1.807) is 23.6 Å². The van der Waals surface area contributed by atoms with Crippen LogP contribution in [0.4, 0.5) is 0 Å². The second-order valence-electron chi connectivity index (χ2n) is 11.6. The molecule has 1 N–H and O–H groups in total. The van der Waals surface area contributed by atoms with E-state index in [1.807, 2.05) is 56.2 Å². The highest BCUT2D eigenvalue weighted by molar-refractivity contribution is 8.04. The number of carbonyl (C=O) groups is 4. The predicted octanol–water partition coefficient (Wildman–Crippen LogP) is 3.91. The molecule has 11 heteroatoms. The smallest absolute Gasteiger partial charge is 0.321 e. The van der Waals surface area contributed by atoms with E-state index >= 15 is 0 Å². The third kappa shape index (κ3) is 4.13. The molecular weight excluding hydrogens is 531 g/mol. The lowest BCUT2D eigenvalue weighted by atomic mass is 9.93. The van der Waals surface area contributed by atoms with Crippen LogP contribution in [-0.2, 0) is 19.2 Å². The summed E-state index contributed by atoms with van der Waals surface area (Å²) >= 11 is 5.08. The molecule has 6 fully saturated rings. The van der Waals surface area contributed by atoms with Gasteiger partial charge < -0.3 is 19.8 Å². The molecule has 10 unspecified atom stereocenters. The molecule has 0 spiro atoms. The van der Waals surface area contributed by atoms with Gasteiger partial charge in [-0.05, 0) is 41.5 Å². The molecule has 0 radical (unpaired) electrons. The van der Waals surface area contributed by atoms with Gasteiger partial charge >= 0.3 is 5.97 Å². The Balaban J connectivity index is 0.000000131. The van der Waals surface area contributed by atoms with Gasteiger partial charge in [0.15, 0.2) is 0 Å². The standard InChI is InChI=1S/C9H13NO3S.C9H15NOS.C8H11NOS/c1-4-6(11)10-5(2)9(3,8(12)13)14-7(4)10;1-5-7(11)10-6(2)9(3,4)12-8(5)10;1-4-7(10)9-5(2)6(3)11-8(4)9/h4-5,7H,1-3H3,(H,12,13);5-6,8H,1-4H3;4-5,8H,3H2,1-2H3. The maximum atomic E-state index is 11.5. The van der Waals surface area contributed by atoms with Crippen LogP contribution in [0.1, 0.15) is 62.3 Å². The molecule has 8 nitrogen and oxygen atoms in total. The molecule has 0 aliphatic carbocycles. The highest BCUT2D eigenvalue weighted by Gasteiger charge is 2.62. The van der Waals surface area contributed by atoms with E-state index in [1.165, 1.54) is 11.8 Å². The number of nitrogens with zero attached hydrogens (tertiary/aromatic N) is 3. The molecule has 206 valence electrons. The van der Waals surface area contributed by atoms with Crippen molar-refractivity contribution in [2.45, 2.75) is 106 Å². The monoisotopic (exact) mass is 569 g/mol. The molecule has 6 aliphatic rings. The van der Waals surface area contributed by atoms with Crippen molar-refractivity contribution in [2.24, 2.45) is 17.8 Å². The van der Waals surface area contributed by atoms with Gasteiger partial charge in [0.05, 0.1) is 46.0 Å². The number of β-lactam (4-membered cyclic amide) rings is 3. The highest BCUT2D eigenvalue weighted by atomic mass is 32.2. The number of aliphatic carboxylic acids is 1. The zero-order chi connectivity index (χ0) is 27.9. The van der Waals surface area contributed by atoms with Crippen LogP contribution in [0, 0.1) is 17.8 Å². The Morgan fingerprint density at radius 3 is 1.62 bits per heavy atom. The van der Waals surface area contributed by atoms with Crippen LogP contribution >= 0.6 is 35.3 Å². The number of hydrogen-bond donors (Lipinski definition) is 1. The largest absolute Gasteiger partial charge is 0.480 e. The summed E-state index contributed by atoms with van der Waals surface area (Å²) in [6.07, 6.45) is 0. The van der Waals surface area contributed by atoms with E-state index in [4.69, 9.17) is 5.11 Å². The summed E-state index contributed by atoms with van der Waals surface area (Å²) in [7, 11) is 0. The highest BCUT2D eigenvalue weighted by Crippen LogP contribution is 2.54. The average Bonchev–Trinajstić information content (AvgIpc) is 3.36. The Kier molecular flexibility index (Phi) is 7.28. The van der Waals surface area contributed by atoms with Gasteiger partial charge in [-0.15, -0.1) is 35.3 Å². The molecule has 10 atom stereocenters. The fraction of sp³-hybridized carbons (Fsp3) is 0.769. The van der Waals surface area contributed by atoms with Crippen molar-refractivity contribution < 1.29 is 24.3 Å². The van der Waals surface area contributed by atoms with Crippen molar-refractivity contribution in [3.05, 3.63) is 11.5 Å². The van der Waals surface area contributed by atoms with Gasteiger partial charge in [0.1, 0.15) is 4.75 Å². The van der Waals surface area contributed by atoms with E-state index in [0.29, 0.717) is 22.7 Å². The lowest BCUT2D eigenvalue weighted by molar-refractivity contribution is -0.154. The number of carbonyl (C=O) groups excluding carboxylic acids is 3. The van der Waals surface area contributed by atoms with Gasteiger partial charge in [0.2, 0.25) is 17.7 Å². The van der Waals surface area contributed by atoms with E-state index in [-0.39, 0.29) is 51.8 Å². The molecule has 0 saturated carbocycles. The topological polar surface area (TPSA) is 98.2 Å². The van der Waals surface area contributed by atoms with Crippen molar-refractivity contribution in [3.63, 3.8) is 0 Å². The van der Waals surface area contributed by atoms with Gasteiger partial charge in [-0.2, -0.15) is 0 Å². The molecular formula is C26H39N3O5S3. The Bertz CT molecular complexity index is 1050. The SMILES string of the molecule is C=C1SC2C(C)C(=O)N2C1C.CC1C(=O)N2C1SC(C)(C(=O)O)C2C.CC1C(=O)N2C1SC(C)(C)C2C. The number of fused-ring (bicyclic) bond motifs is 3. The second-order valence-corrected chi connectivity index (χ2v) is 16.2. The van der Waals surface area contributed by atoms with E-state index in [2.05, 4.69) is 27.4 Å². The van der Waals surface area contributed by atoms with Crippen LogP contribution in [-0.4, -0.2) is 87.2 Å². The minimum atomic E-state index is -0.842. The first kappa shape index (κ1) is 28.7. The van der Waals surface area contributed by atoms with Crippen LogP contribution in [0.5, 0.6) is 0 Å². The first-order valence-corrected chi connectivity index (χ1v) is 15.5. The summed E-state index contributed by atoms with van der Waals surface area (Å²) in [6, 6.07) is 0.448. The van der Waals surface area contributed by atoms with Gasteiger partial charge in [-0.3, -0.25) is 19.2 Å². The summed E-state index contributed by atoms with van der Waals surface area (Å²) in [5, 5.41) is 10.0. The first-order chi connectivity index (χ1) is 17.0. The Hall–Kier alpha value is -1.33. The summed E-state index contributed by atoms with van der Waals surface area (Å²) in [4.78, 5) is 52.1. The van der Waals surface area contributed by atoms with Crippen LogP contribution in [0.3, 0.4) is 0 Å². The maximum absolute atomic E-state index is 11.5. The number of carboxylic acid groups (broad SMARTS) is 1. The van der Waals surface area contributed by atoms with Crippen molar-refractivity contribution in [1.82, 2.24) is 14.7 Å². The lowest BCUT2D eigenvalue weighted by Crippen LogP contribution is -2.59.